The molecule has 0 amide bonds. The van der Waals surface area contributed by atoms with E-state index in [0.29, 0.717) is 11.1 Å². The molecule has 0 aromatic heterocycles. The number of benzene rings is 2. The zero-order chi connectivity index (χ0) is 16.3. The van der Waals surface area contributed by atoms with E-state index in [-0.39, 0.29) is 11.7 Å². The first kappa shape index (κ1) is 15.3. The van der Waals surface area contributed by atoms with Crippen molar-refractivity contribution < 1.29 is 14.6 Å². The summed E-state index contributed by atoms with van der Waals surface area (Å²) in [6.07, 6.45) is 5.17. The number of rotatable bonds is 4. The molecule has 3 nitrogen and oxygen atoms in total. The van der Waals surface area contributed by atoms with E-state index >= 15 is 0 Å². The Bertz CT molecular complexity index is 710. The summed E-state index contributed by atoms with van der Waals surface area (Å²) in [4.78, 5) is 12.6. The van der Waals surface area contributed by atoms with Crippen LogP contribution in [0.4, 0.5) is 0 Å². The van der Waals surface area contributed by atoms with Crippen molar-refractivity contribution in [3.05, 3.63) is 71.8 Å². The molecule has 0 aliphatic heterocycles. The van der Waals surface area contributed by atoms with Crippen molar-refractivity contribution in [2.75, 3.05) is 0 Å². The molecule has 1 aliphatic rings. The fourth-order valence-corrected chi connectivity index (χ4v) is 3.22. The van der Waals surface area contributed by atoms with Crippen LogP contribution in [0.25, 0.3) is 6.08 Å². The minimum atomic E-state index is -0.723. The zero-order valence-corrected chi connectivity index (χ0v) is 13.0. The zero-order valence-electron chi connectivity index (χ0n) is 13.0. The summed E-state index contributed by atoms with van der Waals surface area (Å²) in [6.45, 7) is 3.71. The number of phenols is 1. The van der Waals surface area contributed by atoms with Gasteiger partial charge in [-0.25, -0.2) is 4.79 Å². The number of carbonyl (C=O) groups excluding carboxylic acids is 1. The topological polar surface area (TPSA) is 46.5 Å². The molecule has 1 fully saturated rings. The molecule has 0 spiro atoms. The summed E-state index contributed by atoms with van der Waals surface area (Å²) in [6, 6.07) is 14.3. The Morgan fingerprint density at radius 3 is 2.35 bits per heavy atom. The lowest BCUT2D eigenvalue weighted by Gasteiger charge is -2.30. The summed E-state index contributed by atoms with van der Waals surface area (Å²) in [5.74, 6) is -0.171. The first-order chi connectivity index (χ1) is 11.1. The molecule has 0 unspecified atom stereocenters. The van der Waals surface area contributed by atoms with Crippen LogP contribution in [-0.2, 0) is 10.3 Å². The molecule has 3 heteroatoms. The SMILES string of the molecule is C=Cc1ccc(C(=O)OC2(c3ccccc3O)CCCC2)cc1. The Balaban J connectivity index is 1.89. The highest BCUT2D eigenvalue weighted by atomic mass is 16.6. The lowest BCUT2D eigenvalue weighted by Crippen LogP contribution is -2.29. The van der Waals surface area contributed by atoms with E-state index in [9.17, 15) is 9.90 Å². The van der Waals surface area contributed by atoms with Gasteiger partial charge >= 0.3 is 5.97 Å². The monoisotopic (exact) mass is 308 g/mol. The van der Waals surface area contributed by atoms with Crippen LogP contribution in [0.2, 0.25) is 0 Å². The van der Waals surface area contributed by atoms with Crippen LogP contribution in [0.5, 0.6) is 5.75 Å². The van der Waals surface area contributed by atoms with E-state index in [1.807, 2.05) is 24.3 Å². The largest absolute Gasteiger partial charge is 0.508 e. The van der Waals surface area contributed by atoms with Gasteiger partial charge in [0.05, 0.1) is 5.56 Å². The number of ether oxygens (including phenoxy) is 1. The Hall–Kier alpha value is -2.55. The van der Waals surface area contributed by atoms with Crippen molar-refractivity contribution in [2.45, 2.75) is 31.3 Å². The highest BCUT2D eigenvalue weighted by Crippen LogP contribution is 2.45. The third-order valence-corrected chi connectivity index (χ3v) is 4.48. The molecule has 0 heterocycles. The number of hydrogen-bond donors (Lipinski definition) is 1. The van der Waals surface area contributed by atoms with Gasteiger partial charge in [0.15, 0.2) is 0 Å². The normalized spacial score (nSPS) is 16.0. The fraction of sp³-hybridized carbons (Fsp3) is 0.250. The van der Waals surface area contributed by atoms with E-state index in [1.165, 1.54) is 0 Å². The van der Waals surface area contributed by atoms with Gasteiger partial charge in [0.25, 0.3) is 0 Å². The predicted molar refractivity (Wildman–Crippen MR) is 90.2 cm³/mol. The quantitative estimate of drug-likeness (QED) is 0.835. The van der Waals surface area contributed by atoms with Gasteiger partial charge in [-0.3, -0.25) is 0 Å². The Morgan fingerprint density at radius 2 is 1.74 bits per heavy atom. The molecule has 0 bridgehead atoms. The van der Waals surface area contributed by atoms with Crippen LogP contribution in [0.15, 0.2) is 55.1 Å². The van der Waals surface area contributed by atoms with Crippen molar-refractivity contribution in [3.63, 3.8) is 0 Å². The molecular weight excluding hydrogens is 288 g/mol. The lowest BCUT2D eigenvalue weighted by molar-refractivity contribution is -0.0192. The van der Waals surface area contributed by atoms with Crippen LogP contribution >= 0.6 is 0 Å². The van der Waals surface area contributed by atoms with E-state index in [4.69, 9.17) is 4.74 Å². The predicted octanol–water partition coefficient (Wildman–Crippen LogP) is 4.66. The van der Waals surface area contributed by atoms with Gasteiger partial charge in [-0.2, -0.15) is 0 Å². The molecule has 3 rings (SSSR count). The van der Waals surface area contributed by atoms with Crippen LogP contribution in [0.1, 0.15) is 47.2 Å². The van der Waals surface area contributed by atoms with Crippen molar-refractivity contribution >= 4 is 12.0 Å². The molecule has 2 aromatic carbocycles. The second-order valence-electron chi connectivity index (χ2n) is 5.93. The molecule has 23 heavy (non-hydrogen) atoms. The summed E-state index contributed by atoms with van der Waals surface area (Å²) in [7, 11) is 0. The number of para-hydroxylation sites is 1. The molecule has 118 valence electrons. The number of carbonyl (C=O) groups is 1. The summed E-state index contributed by atoms with van der Waals surface area (Å²) >= 11 is 0. The van der Waals surface area contributed by atoms with Gasteiger partial charge in [0.2, 0.25) is 0 Å². The maximum atomic E-state index is 12.6. The third-order valence-electron chi connectivity index (χ3n) is 4.48. The van der Waals surface area contributed by atoms with Crippen molar-refractivity contribution in [1.29, 1.82) is 0 Å². The number of aromatic hydroxyl groups is 1. The van der Waals surface area contributed by atoms with E-state index in [0.717, 1.165) is 31.2 Å². The van der Waals surface area contributed by atoms with Gasteiger partial charge in [-0.05, 0) is 49.4 Å². The van der Waals surface area contributed by atoms with Crippen LogP contribution in [0, 0.1) is 0 Å². The smallest absolute Gasteiger partial charge is 0.339 e. The minimum Gasteiger partial charge on any atom is -0.508 e. The van der Waals surface area contributed by atoms with E-state index < -0.39 is 5.60 Å². The van der Waals surface area contributed by atoms with Crippen LogP contribution in [0.3, 0.4) is 0 Å². The summed E-state index contributed by atoms with van der Waals surface area (Å²) in [5, 5.41) is 10.2. The molecule has 0 saturated heterocycles. The molecule has 0 radical (unpaired) electrons. The molecule has 2 aromatic rings. The third kappa shape index (κ3) is 3.00. The Labute approximate surface area is 136 Å². The first-order valence-corrected chi connectivity index (χ1v) is 7.89. The molecule has 0 atom stereocenters. The second kappa shape index (κ2) is 6.29. The van der Waals surface area contributed by atoms with Crippen molar-refractivity contribution in [3.8, 4) is 5.75 Å². The number of esters is 1. The molecule has 1 N–H and O–H groups in total. The van der Waals surface area contributed by atoms with Gasteiger partial charge in [0.1, 0.15) is 11.4 Å². The van der Waals surface area contributed by atoms with Gasteiger partial charge in [0, 0.05) is 5.56 Å². The molecule has 1 aliphatic carbocycles. The standard InChI is InChI=1S/C20H20O3/c1-2-15-9-11-16(12-10-15)19(22)23-20(13-5-6-14-20)17-7-3-4-8-18(17)21/h2-4,7-12,21H,1,5-6,13-14H2. The summed E-state index contributed by atoms with van der Waals surface area (Å²) in [5.41, 5.74) is 1.45. The maximum absolute atomic E-state index is 12.6. The summed E-state index contributed by atoms with van der Waals surface area (Å²) < 4.78 is 5.90. The Kier molecular flexibility index (Phi) is 4.20. The highest BCUT2D eigenvalue weighted by molar-refractivity contribution is 5.90. The highest BCUT2D eigenvalue weighted by Gasteiger charge is 2.41. The minimum absolute atomic E-state index is 0.184. The van der Waals surface area contributed by atoms with Gasteiger partial charge in [-0.1, -0.05) is 43.0 Å². The van der Waals surface area contributed by atoms with Crippen molar-refractivity contribution in [1.82, 2.24) is 0 Å². The molecular formula is C20H20O3. The van der Waals surface area contributed by atoms with E-state index in [2.05, 4.69) is 6.58 Å². The number of phenolic OH excluding ortho intramolecular Hbond substituents is 1. The average Bonchev–Trinajstić information content (AvgIpc) is 3.04. The number of hydrogen-bond acceptors (Lipinski definition) is 3. The van der Waals surface area contributed by atoms with Crippen molar-refractivity contribution in [2.24, 2.45) is 0 Å². The lowest BCUT2D eigenvalue weighted by atomic mass is 9.91. The first-order valence-electron chi connectivity index (χ1n) is 7.89. The fourth-order valence-electron chi connectivity index (χ4n) is 3.22. The van der Waals surface area contributed by atoms with Crippen LogP contribution in [-0.4, -0.2) is 11.1 Å². The van der Waals surface area contributed by atoms with E-state index in [1.54, 1.807) is 30.3 Å². The second-order valence-corrected chi connectivity index (χ2v) is 5.93. The average molecular weight is 308 g/mol. The van der Waals surface area contributed by atoms with Gasteiger partial charge in [-0.15, -0.1) is 0 Å². The van der Waals surface area contributed by atoms with Gasteiger partial charge < -0.3 is 9.84 Å². The van der Waals surface area contributed by atoms with Crippen LogP contribution < -0.4 is 0 Å². The maximum Gasteiger partial charge on any atom is 0.339 e. The molecule has 1 saturated carbocycles. The Morgan fingerprint density at radius 1 is 1.09 bits per heavy atom.